The molecule has 0 bridgehead atoms. The Hall–Kier alpha value is -1.57. The van der Waals surface area contributed by atoms with Crippen molar-refractivity contribution in [3.8, 4) is 0 Å². The molecule has 1 aromatic carbocycles. The fraction of sp³-hybridized carbons (Fsp3) is 0.357. The van der Waals surface area contributed by atoms with E-state index in [-0.39, 0.29) is 5.97 Å². The van der Waals surface area contributed by atoms with Gasteiger partial charge in [-0.25, -0.2) is 4.79 Å². The molecule has 0 amide bonds. The maximum atomic E-state index is 11.1. The van der Waals surface area contributed by atoms with E-state index in [0.717, 1.165) is 5.56 Å². The van der Waals surface area contributed by atoms with Crippen molar-refractivity contribution in [2.45, 2.75) is 27.7 Å². The lowest BCUT2D eigenvalue weighted by molar-refractivity contribution is -0.134. The summed E-state index contributed by atoms with van der Waals surface area (Å²) in [6, 6.07) is 2.17. The average molecular weight is 218 g/mol. The molecule has 1 rings (SSSR count). The van der Waals surface area contributed by atoms with Crippen LogP contribution in [0.5, 0.6) is 0 Å². The summed E-state index contributed by atoms with van der Waals surface area (Å²) in [4.78, 5) is 11.1. The monoisotopic (exact) mass is 218 g/mol. The van der Waals surface area contributed by atoms with Gasteiger partial charge >= 0.3 is 5.97 Å². The standard InChI is InChI=1S/C14H18O2/c1-9-8-10(2)12(4)13(11(9)3)6-7-14(15)16-5/h6-8H,1-5H3. The van der Waals surface area contributed by atoms with Crippen LogP contribution in [0.3, 0.4) is 0 Å². The molecule has 0 spiro atoms. The van der Waals surface area contributed by atoms with E-state index in [4.69, 9.17) is 0 Å². The van der Waals surface area contributed by atoms with Crippen molar-refractivity contribution < 1.29 is 9.53 Å². The first kappa shape index (κ1) is 12.5. The van der Waals surface area contributed by atoms with E-state index in [2.05, 4.69) is 38.5 Å². The third-order valence-corrected chi connectivity index (χ3v) is 3.01. The number of methoxy groups -OCH3 is 1. The van der Waals surface area contributed by atoms with Crippen molar-refractivity contribution in [1.29, 1.82) is 0 Å². The molecule has 2 nitrogen and oxygen atoms in total. The molecule has 0 saturated heterocycles. The van der Waals surface area contributed by atoms with Crippen LogP contribution in [0.4, 0.5) is 0 Å². The molecule has 1 aromatic rings. The molecule has 0 saturated carbocycles. The van der Waals surface area contributed by atoms with E-state index in [1.807, 2.05) is 6.08 Å². The second-order valence-electron chi connectivity index (χ2n) is 4.03. The second-order valence-corrected chi connectivity index (χ2v) is 4.03. The average Bonchev–Trinajstić information content (AvgIpc) is 2.26. The highest BCUT2D eigenvalue weighted by molar-refractivity contribution is 5.87. The maximum absolute atomic E-state index is 11.1. The van der Waals surface area contributed by atoms with Crippen LogP contribution in [0, 0.1) is 27.7 Å². The van der Waals surface area contributed by atoms with E-state index >= 15 is 0 Å². The van der Waals surface area contributed by atoms with Gasteiger partial charge in [-0.05, 0) is 61.6 Å². The molecule has 2 heteroatoms. The van der Waals surface area contributed by atoms with Crippen LogP contribution in [0.15, 0.2) is 12.1 Å². The van der Waals surface area contributed by atoms with Gasteiger partial charge < -0.3 is 4.74 Å². The van der Waals surface area contributed by atoms with Crippen molar-refractivity contribution in [2.24, 2.45) is 0 Å². The molecule has 0 radical (unpaired) electrons. The van der Waals surface area contributed by atoms with Gasteiger partial charge in [0.25, 0.3) is 0 Å². The molecular formula is C14H18O2. The molecule has 0 aliphatic carbocycles. The highest BCUT2D eigenvalue weighted by atomic mass is 16.5. The SMILES string of the molecule is COC(=O)C=Cc1c(C)c(C)cc(C)c1C. The Kier molecular flexibility index (Phi) is 3.88. The van der Waals surface area contributed by atoms with Crippen molar-refractivity contribution in [1.82, 2.24) is 0 Å². The van der Waals surface area contributed by atoms with Gasteiger partial charge in [0, 0.05) is 6.08 Å². The number of rotatable bonds is 2. The Morgan fingerprint density at radius 3 is 2.06 bits per heavy atom. The number of benzene rings is 1. The molecule has 0 heterocycles. The lowest BCUT2D eigenvalue weighted by atomic mass is 9.94. The van der Waals surface area contributed by atoms with Crippen LogP contribution < -0.4 is 0 Å². The highest BCUT2D eigenvalue weighted by Gasteiger charge is 2.06. The topological polar surface area (TPSA) is 26.3 Å². The molecule has 0 aliphatic rings. The molecule has 0 atom stereocenters. The number of aryl methyl sites for hydroxylation is 2. The molecular weight excluding hydrogens is 200 g/mol. The van der Waals surface area contributed by atoms with Crippen LogP contribution in [0.1, 0.15) is 27.8 Å². The van der Waals surface area contributed by atoms with Gasteiger partial charge in [-0.3, -0.25) is 0 Å². The molecule has 86 valence electrons. The second kappa shape index (κ2) is 4.97. The molecule has 0 fully saturated rings. The fourth-order valence-corrected chi connectivity index (χ4v) is 1.72. The van der Waals surface area contributed by atoms with Crippen LogP contribution >= 0.6 is 0 Å². The minimum Gasteiger partial charge on any atom is -0.466 e. The van der Waals surface area contributed by atoms with E-state index < -0.39 is 0 Å². The maximum Gasteiger partial charge on any atom is 0.330 e. The predicted octanol–water partition coefficient (Wildman–Crippen LogP) is 3.11. The van der Waals surface area contributed by atoms with Crippen molar-refractivity contribution >= 4 is 12.0 Å². The fourth-order valence-electron chi connectivity index (χ4n) is 1.72. The Labute approximate surface area is 96.9 Å². The lowest BCUT2D eigenvalue weighted by Gasteiger charge is -2.11. The normalized spacial score (nSPS) is 10.8. The molecule has 0 aromatic heterocycles. The summed E-state index contributed by atoms with van der Waals surface area (Å²) in [5, 5.41) is 0. The van der Waals surface area contributed by atoms with Crippen LogP contribution in [-0.4, -0.2) is 13.1 Å². The van der Waals surface area contributed by atoms with Crippen molar-refractivity contribution in [2.75, 3.05) is 7.11 Å². The smallest absolute Gasteiger partial charge is 0.330 e. The van der Waals surface area contributed by atoms with Gasteiger partial charge in [-0.1, -0.05) is 6.07 Å². The Morgan fingerprint density at radius 2 is 1.62 bits per heavy atom. The van der Waals surface area contributed by atoms with Gasteiger partial charge in [0.15, 0.2) is 0 Å². The number of hydrogen-bond donors (Lipinski definition) is 0. The zero-order valence-electron chi connectivity index (χ0n) is 10.5. The van der Waals surface area contributed by atoms with Crippen molar-refractivity contribution in [3.05, 3.63) is 40.0 Å². The van der Waals surface area contributed by atoms with Gasteiger partial charge in [0.2, 0.25) is 0 Å². The number of carbonyl (C=O) groups is 1. The number of carbonyl (C=O) groups excluding carboxylic acids is 1. The van der Waals surface area contributed by atoms with Crippen LogP contribution in [-0.2, 0) is 9.53 Å². The predicted molar refractivity (Wildman–Crippen MR) is 66.4 cm³/mol. The Bertz CT molecular complexity index is 416. The minimum atomic E-state index is -0.321. The van der Waals surface area contributed by atoms with Gasteiger partial charge in [0.1, 0.15) is 0 Å². The summed E-state index contributed by atoms with van der Waals surface area (Å²) in [6.45, 7) is 8.30. The zero-order chi connectivity index (χ0) is 12.3. The third kappa shape index (κ3) is 2.51. The summed E-state index contributed by atoms with van der Waals surface area (Å²) in [5.41, 5.74) is 6.02. The van der Waals surface area contributed by atoms with Gasteiger partial charge in [-0.2, -0.15) is 0 Å². The number of ether oxygens (including phenoxy) is 1. The first-order valence-corrected chi connectivity index (χ1v) is 5.30. The molecule has 0 unspecified atom stereocenters. The van der Waals surface area contributed by atoms with E-state index in [0.29, 0.717) is 0 Å². The van der Waals surface area contributed by atoms with Gasteiger partial charge in [-0.15, -0.1) is 0 Å². The Balaban J connectivity index is 3.22. The molecule has 0 N–H and O–H groups in total. The highest BCUT2D eigenvalue weighted by Crippen LogP contribution is 2.22. The van der Waals surface area contributed by atoms with Crippen molar-refractivity contribution in [3.63, 3.8) is 0 Å². The quantitative estimate of drug-likeness (QED) is 0.563. The van der Waals surface area contributed by atoms with E-state index in [1.165, 1.54) is 35.4 Å². The number of hydrogen-bond acceptors (Lipinski definition) is 2. The summed E-state index contributed by atoms with van der Waals surface area (Å²) in [5.74, 6) is -0.321. The van der Waals surface area contributed by atoms with Gasteiger partial charge in [0.05, 0.1) is 7.11 Å². The Morgan fingerprint density at radius 1 is 1.12 bits per heavy atom. The van der Waals surface area contributed by atoms with E-state index in [1.54, 1.807) is 0 Å². The summed E-state index contributed by atoms with van der Waals surface area (Å²) in [7, 11) is 1.38. The molecule has 16 heavy (non-hydrogen) atoms. The first-order chi connectivity index (χ1) is 7.47. The van der Waals surface area contributed by atoms with E-state index in [9.17, 15) is 4.79 Å². The largest absolute Gasteiger partial charge is 0.466 e. The summed E-state index contributed by atoms with van der Waals surface area (Å²) in [6.07, 6.45) is 3.30. The number of esters is 1. The lowest BCUT2D eigenvalue weighted by Crippen LogP contribution is -1.97. The minimum absolute atomic E-state index is 0.321. The van der Waals surface area contributed by atoms with Crippen LogP contribution in [0.2, 0.25) is 0 Å². The van der Waals surface area contributed by atoms with Crippen LogP contribution in [0.25, 0.3) is 6.08 Å². The summed E-state index contributed by atoms with van der Waals surface area (Å²) >= 11 is 0. The zero-order valence-corrected chi connectivity index (χ0v) is 10.5. The first-order valence-electron chi connectivity index (χ1n) is 5.30. The third-order valence-electron chi connectivity index (χ3n) is 3.01. The summed E-state index contributed by atoms with van der Waals surface area (Å²) < 4.78 is 4.59. The molecule has 0 aliphatic heterocycles.